The first-order valence-electron chi connectivity index (χ1n) is 9.17. The molecule has 2 atom stereocenters. The van der Waals surface area contributed by atoms with E-state index in [0.29, 0.717) is 39.4 Å². The molecule has 0 bridgehead atoms. The van der Waals surface area contributed by atoms with E-state index in [9.17, 15) is 13.2 Å². The zero-order valence-corrected chi connectivity index (χ0v) is 15.7. The number of rotatable bonds is 6. The number of nitrogens with two attached hydrogens (primary N) is 1. The molecule has 144 valence electrons. The normalized spacial score (nSPS) is 24.5. The molecule has 3 N–H and O–H groups in total. The van der Waals surface area contributed by atoms with E-state index in [0.717, 1.165) is 24.8 Å². The predicted molar refractivity (Wildman–Crippen MR) is 97.8 cm³/mol. The second-order valence-corrected chi connectivity index (χ2v) is 8.85. The molecule has 1 aromatic carbocycles. The Morgan fingerprint density at radius 3 is 2.54 bits per heavy atom. The zero-order valence-electron chi connectivity index (χ0n) is 14.9. The van der Waals surface area contributed by atoms with E-state index >= 15 is 0 Å². The van der Waals surface area contributed by atoms with Crippen molar-refractivity contribution in [2.45, 2.75) is 30.7 Å². The van der Waals surface area contributed by atoms with Crippen LogP contribution in [0.4, 0.5) is 0 Å². The first kappa shape index (κ1) is 19.3. The number of carbonyl (C=O) groups is 1. The van der Waals surface area contributed by atoms with E-state index in [1.54, 1.807) is 24.3 Å². The summed E-state index contributed by atoms with van der Waals surface area (Å²) in [5.41, 5.74) is 6.62. The third-order valence-electron chi connectivity index (χ3n) is 5.30. The number of nitrogens with one attached hydrogen (secondary N) is 1. The highest BCUT2D eigenvalue weighted by Gasteiger charge is 2.31. The predicted octanol–water partition coefficient (Wildman–Crippen LogP) is 0.699. The lowest BCUT2D eigenvalue weighted by molar-refractivity contribution is -0.126. The maximum atomic E-state index is 12.6. The van der Waals surface area contributed by atoms with E-state index in [1.165, 1.54) is 4.31 Å². The maximum Gasteiger partial charge on any atom is 0.243 e. The molecule has 0 radical (unpaired) electrons. The van der Waals surface area contributed by atoms with E-state index in [1.807, 2.05) is 0 Å². The number of ether oxygens (including phenoxy) is 1. The summed E-state index contributed by atoms with van der Waals surface area (Å²) < 4.78 is 31.8. The van der Waals surface area contributed by atoms with Gasteiger partial charge in [0.2, 0.25) is 15.9 Å². The van der Waals surface area contributed by atoms with Crippen LogP contribution in [0, 0.1) is 11.8 Å². The zero-order chi connectivity index (χ0) is 18.6. The molecule has 1 saturated heterocycles. The van der Waals surface area contributed by atoms with E-state index in [-0.39, 0.29) is 22.6 Å². The van der Waals surface area contributed by atoms with Gasteiger partial charge < -0.3 is 15.8 Å². The SMILES string of the molecule is NC[C@H]1CCC[C@H]1C(=O)NCc1ccc(S(=O)(=O)N2CCOCC2)cc1. The number of amides is 1. The van der Waals surface area contributed by atoms with Gasteiger partial charge in [0.15, 0.2) is 0 Å². The summed E-state index contributed by atoms with van der Waals surface area (Å²) in [5, 5.41) is 2.96. The highest BCUT2D eigenvalue weighted by molar-refractivity contribution is 7.89. The van der Waals surface area contributed by atoms with Crippen molar-refractivity contribution in [2.24, 2.45) is 17.6 Å². The Balaban J connectivity index is 1.58. The molecule has 0 unspecified atom stereocenters. The lowest BCUT2D eigenvalue weighted by Crippen LogP contribution is -2.40. The molecule has 7 nitrogen and oxygen atoms in total. The summed E-state index contributed by atoms with van der Waals surface area (Å²) in [5.74, 6) is 0.319. The Morgan fingerprint density at radius 1 is 1.19 bits per heavy atom. The number of sulfonamides is 1. The number of carbonyl (C=O) groups excluding carboxylic acids is 1. The molecule has 0 aromatic heterocycles. The van der Waals surface area contributed by atoms with Crippen molar-refractivity contribution >= 4 is 15.9 Å². The molecule has 8 heteroatoms. The molecule has 2 fully saturated rings. The van der Waals surface area contributed by atoms with Crippen LogP contribution in [0.5, 0.6) is 0 Å². The van der Waals surface area contributed by atoms with Crippen LogP contribution < -0.4 is 11.1 Å². The average molecular weight is 381 g/mol. The van der Waals surface area contributed by atoms with Crippen molar-refractivity contribution < 1.29 is 17.9 Å². The second-order valence-electron chi connectivity index (χ2n) is 6.91. The maximum absolute atomic E-state index is 12.6. The molecule has 1 aliphatic carbocycles. The van der Waals surface area contributed by atoms with Crippen LogP contribution in [0.2, 0.25) is 0 Å². The third kappa shape index (κ3) is 4.25. The van der Waals surface area contributed by atoms with Crippen molar-refractivity contribution in [1.29, 1.82) is 0 Å². The van der Waals surface area contributed by atoms with E-state index < -0.39 is 10.0 Å². The number of morpholine rings is 1. The molecule has 1 saturated carbocycles. The van der Waals surface area contributed by atoms with Crippen LogP contribution in [0.25, 0.3) is 0 Å². The quantitative estimate of drug-likeness (QED) is 0.755. The van der Waals surface area contributed by atoms with Crippen LogP contribution in [0.15, 0.2) is 29.2 Å². The molecule has 0 spiro atoms. The third-order valence-corrected chi connectivity index (χ3v) is 7.21. The van der Waals surface area contributed by atoms with Gasteiger partial charge in [-0.05, 0) is 43.0 Å². The number of benzene rings is 1. The van der Waals surface area contributed by atoms with Crippen LogP contribution in [-0.2, 0) is 26.1 Å². The Labute approximate surface area is 154 Å². The van der Waals surface area contributed by atoms with Crippen LogP contribution in [-0.4, -0.2) is 51.5 Å². The van der Waals surface area contributed by atoms with Crippen LogP contribution >= 0.6 is 0 Å². The first-order valence-corrected chi connectivity index (χ1v) is 10.6. The molecule has 3 rings (SSSR count). The van der Waals surface area contributed by atoms with Gasteiger partial charge in [0.05, 0.1) is 18.1 Å². The highest BCUT2D eigenvalue weighted by atomic mass is 32.2. The molecule has 1 aliphatic heterocycles. The molecule has 26 heavy (non-hydrogen) atoms. The van der Waals surface area contributed by atoms with Crippen molar-refractivity contribution in [1.82, 2.24) is 9.62 Å². The van der Waals surface area contributed by atoms with Gasteiger partial charge in [0.25, 0.3) is 0 Å². The molecular weight excluding hydrogens is 354 g/mol. The summed E-state index contributed by atoms with van der Waals surface area (Å²) in [6.45, 7) is 2.55. The summed E-state index contributed by atoms with van der Waals surface area (Å²) in [6, 6.07) is 6.71. The van der Waals surface area contributed by atoms with Crippen molar-refractivity contribution in [2.75, 3.05) is 32.8 Å². The molecular formula is C18H27N3O4S. The van der Waals surface area contributed by atoms with Gasteiger partial charge in [-0.1, -0.05) is 18.6 Å². The van der Waals surface area contributed by atoms with Crippen molar-refractivity contribution in [3.05, 3.63) is 29.8 Å². The lowest BCUT2D eigenvalue weighted by Gasteiger charge is -2.26. The van der Waals surface area contributed by atoms with Crippen LogP contribution in [0.1, 0.15) is 24.8 Å². The van der Waals surface area contributed by atoms with Crippen molar-refractivity contribution in [3.8, 4) is 0 Å². The van der Waals surface area contributed by atoms with Gasteiger partial charge in [0.1, 0.15) is 0 Å². The number of hydrogen-bond donors (Lipinski definition) is 2. The fraction of sp³-hybridized carbons (Fsp3) is 0.611. The molecule has 2 aliphatic rings. The largest absolute Gasteiger partial charge is 0.379 e. The van der Waals surface area contributed by atoms with Gasteiger partial charge in [-0.3, -0.25) is 4.79 Å². The standard InChI is InChI=1S/C18H27N3O4S/c19-12-15-2-1-3-17(15)18(22)20-13-14-4-6-16(7-5-14)26(23,24)21-8-10-25-11-9-21/h4-7,15,17H,1-3,8-13,19H2,(H,20,22)/t15-,17-/m1/s1. The minimum Gasteiger partial charge on any atom is -0.379 e. The Morgan fingerprint density at radius 2 is 1.88 bits per heavy atom. The van der Waals surface area contributed by atoms with Gasteiger partial charge in [-0.2, -0.15) is 4.31 Å². The van der Waals surface area contributed by atoms with Crippen molar-refractivity contribution in [3.63, 3.8) is 0 Å². The van der Waals surface area contributed by atoms with E-state index in [4.69, 9.17) is 10.5 Å². The Kier molecular flexibility index (Phi) is 6.29. The second kappa shape index (κ2) is 8.47. The fourth-order valence-electron chi connectivity index (χ4n) is 3.70. The Hall–Kier alpha value is -1.48. The number of nitrogens with zero attached hydrogens (tertiary/aromatic N) is 1. The molecule has 1 aromatic rings. The smallest absolute Gasteiger partial charge is 0.243 e. The summed E-state index contributed by atoms with van der Waals surface area (Å²) in [6.07, 6.45) is 2.96. The summed E-state index contributed by atoms with van der Waals surface area (Å²) >= 11 is 0. The van der Waals surface area contributed by atoms with Gasteiger partial charge in [0, 0.05) is 25.6 Å². The summed E-state index contributed by atoms with van der Waals surface area (Å²) in [7, 11) is -3.48. The molecule has 1 heterocycles. The monoisotopic (exact) mass is 381 g/mol. The fourth-order valence-corrected chi connectivity index (χ4v) is 5.11. The minimum atomic E-state index is -3.48. The highest BCUT2D eigenvalue weighted by Crippen LogP contribution is 2.31. The van der Waals surface area contributed by atoms with Gasteiger partial charge >= 0.3 is 0 Å². The lowest BCUT2D eigenvalue weighted by atomic mass is 9.95. The average Bonchev–Trinajstić information content (AvgIpc) is 3.16. The minimum absolute atomic E-state index is 0.000899. The molecule has 1 amide bonds. The number of hydrogen-bond acceptors (Lipinski definition) is 5. The Bertz CT molecular complexity index is 714. The van der Waals surface area contributed by atoms with Crippen LogP contribution in [0.3, 0.4) is 0 Å². The van der Waals surface area contributed by atoms with Gasteiger partial charge in [-0.15, -0.1) is 0 Å². The first-order chi connectivity index (χ1) is 12.5. The topological polar surface area (TPSA) is 102 Å². The van der Waals surface area contributed by atoms with Gasteiger partial charge in [-0.25, -0.2) is 8.42 Å². The van der Waals surface area contributed by atoms with E-state index in [2.05, 4.69) is 5.32 Å². The summed E-state index contributed by atoms with van der Waals surface area (Å²) in [4.78, 5) is 12.6.